The van der Waals surface area contributed by atoms with Gasteiger partial charge in [0.1, 0.15) is 0 Å². The summed E-state index contributed by atoms with van der Waals surface area (Å²) >= 11 is 1.30. The van der Waals surface area contributed by atoms with Crippen LogP contribution in [0, 0.1) is 0 Å². The molecule has 0 N–H and O–H groups in total. The number of hydrogen-bond donors (Lipinski definition) is 0. The van der Waals surface area contributed by atoms with Crippen molar-refractivity contribution >= 4 is 23.4 Å². The lowest BCUT2D eigenvalue weighted by molar-refractivity contribution is -0.143. The van der Waals surface area contributed by atoms with Gasteiger partial charge in [0.25, 0.3) is 5.56 Å². The maximum atomic E-state index is 13.8. The van der Waals surface area contributed by atoms with Crippen molar-refractivity contribution in [3.8, 4) is 11.5 Å². The van der Waals surface area contributed by atoms with Crippen molar-refractivity contribution in [2.24, 2.45) is 4.99 Å². The summed E-state index contributed by atoms with van der Waals surface area (Å²) in [6, 6.07) is 14.6. The second-order valence-electron chi connectivity index (χ2n) is 9.29. The standard InChI is InChI=1S/C30H34N2O5S/c1-6-8-16-36-23-15-14-21(17-24(23)35-7-2)18-25-28(33)32-27(22-12-10-9-11-13-22)26(29(34)37-19(3)4)20(5)31-30(32)38-25/h9-15,17-19,27H,6-8,16H2,1-5H3. The zero-order chi connectivity index (χ0) is 27.2. The van der Waals surface area contributed by atoms with Crippen LogP contribution < -0.4 is 24.4 Å². The Morgan fingerprint density at radius 2 is 1.87 bits per heavy atom. The molecule has 0 saturated heterocycles. The molecular weight excluding hydrogens is 500 g/mol. The first-order chi connectivity index (χ1) is 18.3. The highest BCUT2D eigenvalue weighted by molar-refractivity contribution is 7.07. The smallest absolute Gasteiger partial charge is 0.338 e. The highest BCUT2D eigenvalue weighted by Gasteiger charge is 2.33. The number of benzene rings is 2. The summed E-state index contributed by atoms with van der Waals surface area (Å²) < 4.78 is 19.4. The van der Waals surface area contributed by atoms with Gasteiger partial charge >= 0.3 is 5.97 Å². The van der Waals surface area contributed by atoms with Gasteiger partial charge in [0, 0.05) is 0 Å². The van der Waals surface area contributed by atoms with E-state index in [1.807, 2.05) is 61.5 Å². The van der Waals surface area contributed by atoms with Gasteiger partial charge in [-0.25, -0.2) is 9.79 Å². The van der Waals surface area contributed by atoms with E-state index in [9.17, 15) is 9.59 Å². The third kappa shape index (κ3) is 5.91. The summed E-state index contributed by atoms with van der Waals surface area (Å²) in [5.74, 6) is 0.859. The summed E-state index contributed by atoms with van der Waals surface area (Å²) in [7, 11) is 0. The summed E-state index contributed by atoms with van der Waals surface area (Å²) in [5.41, 5.74) is 2.33. The van der Waals surface area contributed by atoms with Crippen LogP contribution in [-0.2, 0) is 9.53 Å². The predicted octanol–water partition coefficient (Wildman–Crippen LogP) is 4.76. The maximum absolute atomic E-state index is 13.8. The zero-order valence-electron chi connectivity index (χ0n) is 22.5. The number of ether oxygens (including phenoxy) is 3. The largest absolute Gasteiger partial charge is 0.490 e. The Bertz CT molecular complexity index is 1500. The van der Waals surface area contributed by atoms with Gasteiger partial charge in [0.05, 0.1) is 41.2 Å². The molecule has 0 fully saturated rings. The number of allylic oxidation sites excluding steroid dienone is 1. The predicted molar refractivity (Wildman–Crippen MR) is 149 cm³/mol. The first kappa shape index (κ1) is 27.4. The molecule has 38 heavy (non-hydrogen) atoms. The minimum Gasteiger partial charge on any atom is -0.490 e. The summed E-state index contributed by atoms with van der Waals surface area (Å²) in [6.07, 6.45) is 3.54. The van der Waals surface area contributed by atoms with E-state index < -0.39 is 12.0 Å². The molecule has 1 aliphatic rings. The number of aromatic nitrogens is 1. The number of fused-ring (bicyclic) bond motifs is 1. The van der Waals surface area contributed by atoms with Crippen molar-refractivity contribution in [2.45, 2.75) is 59.6 Å². The molecule has 2 heterocycles. The fourth-order valence-corrected chi connectivity index (χ4v) is 5.34. The van der Waals surface area contributed by atoms with E-state index in [1.165, 1.54) is 11.3 Å². The Morgan fingerprint density at radius 3 is 2.55 bits per heavy atom. The average molecular weight is 535 g/mol. The molecule has 1 aliphatic heterocycles. The molecule has 0 bridgehead atoms. The molecule has 0 radical (unpaired) electrons. The van der Waals surface area contributed by atoms with Gasteiger partial charge in [-0.05, 0) is 63.5 Å². The number of carbonyl (C=O) groups excluding carboxylic acids is 1. The fourth-order valence-electron chi connectivity index (χ4n) is 4.29. The lowest BCUT2D eigenvalue weighted by Gasteiger charge is -2.25. The van der Waals surface area contributed by atoms with Crippen LogP contribution in [0.2, 0.25) is 0 Å². The number of hydrogen-bond acceptors (Lipinski definition) is 7. The molecule has 2 aromatic carbocycles. The Balaban J connectivity index is 1.82. The van der Waals surface area contributed by atoms with E-state index >= 15 is 0 Å². The number of nitrogens with zero attached hydrogens (tertiary/aromatic N) is 2. The van der Waals surface area contributed by atoms with Gasteiger partial charge in [0.15, 0.2) is 16.3 Å². The first-order valence-electron chi connectivity index (χ1n) is 13.0. The Hall–Kier alpha value is -3.65. The van der Waals surface area contributed by atoms with Gasteiger partial charge in [-0.1, -0.05) is 61.1 Å². The van der Waals surface area contributed by atoms with Crippen LogP contribution in [0.3, 0.4) is 0 Å². The monoisotopic (exact) mass is 534 g/mol. The number of rotatable bonds is 10. The summed E-state index contributed by atoms with van der Waals surface area (Å²) in [5, 5.41) is 0. The summed E-state index contributed by atoms with van der Waals surface area (Å²) in [4.78, 5) is 32.2. The molecule has 0 saturated carbocycles. The van der Waals surface area contributed by atoms with E-state index in [-0.39, 0.29) is 11.7 Å². The van der Waals surface area contributed by atoms with Gasteiger partial charge in [-0.3, -0.25) is 9.36 Å². The van der Waals surface area contributed by atoms with Crippen molar-refractivity contribution < 1.29 is 19.0 Å². The minimum absolute atomic E-state index is 0.216. The topological polar surface area (TPSA) is 79.1 Å². The normalized spacial score (nSPS) is 15.3. The van der Waals surface area contributed by atoms with E-state index in [1.54, 1.807) is 25.3 Å². The quantitative estimate of drug-likeness (QED) is 0.277. The maximum Gasteiger partial charge on any atom is 0.338 e. The zero-order valence-corrected chi connectivity index (χ0v) is 23.3. The lowest BCUT2D eigenvalue weighted by Crippen LogP contribution is -2.40. The Morgan fingerprint density at radius 1 is 1.11 bits per heavy atom. The third-order valence-electron chi connectivity index (χ3n) is 6.02. The van der Waals surface area contributed by atoms with Gasteiger partial charge in [0.2, 0.25) is 0 Å². The van der Waals surface area contributed by atoms with Crippen molar-refractivity contribution in [3.63, 3.8) is 0 Å². The number of carbonyl (C=O) groups is 1. The molecule has 200 valence electrons. The Kier molecular flexibility index (Phi) is 8.84. The molecule has 3 aromatic rings. The molecular formula is C30H34N2O5S. The van der Waals surface area contributed by atoms with Crippen LogP contribution in [-0.4, -0.2) is 29.9 Å². The van der Waals surface area contributed by atoms with Gasteiger partial charge in [-0.2, -0.15) is 0 Å². The highest BCUT2D eigenvalue weighted by atomic mass is 32.1. The van der Waals surface area contributed by atoms with E-state index in [0.717, 1.165) is 24.0 Å². The molecule has 4 rings (SSSR count). The van der Waals surface area contributed by atoms with Crippen molar-refractivity contribution in [2.75, 3.05) is 13.2 Å². The minimum atomic E-state index is -0.630. The van der Waals surface area contributed by atoms with E-state index in [0.29, 0.717) is 45.3 Å². The van der Waals surface area contributed by atoms with E-state index in [2.05, 4.69) is 11.9 Å². The molecule has 0 aliphatic carbocycles. The summed E-state index contributed by atoms with van der Waals surface area (Å²) in [6.45, 7) is 10.6. The van der Waals surface area contributed by atoms with Crippen LogP contribution in [0.1, 0.15) is 64.6 Å². The molecule has 7 nitrogen and oxygen atoms in total. The van der Waals surface area contributed by atoms with Crippen LogP contribution in [0.15, 0.2) is 69.6 Å². The molecule has 8 heteroatoms. The van der Waals surface area contributed by atoms with Crippen molar-refractivity contribution in [3.05, 3.63) is 90.6 Å². The second-order valence-corrected chi connectivity index (χ2v) is 10.3. The molecule has 1 atom stereocenters. The number of thiazole rings is 1. The highest BCUT2D eigenvalue weighted by Crippen LogP contribution is 2.31. The molecule has 1 unspecified atom stereocenters. The van der Waals surface area contributed by atoms with Crippen molar-refractivity contribution in [1.29, 1.82) is 0 Å². The molecule has 1 aromatic heterocycles. The molecule has 0 amide bonds. The van der Waals surface area contributed by atoms with E-state index in [4.69, 9.17) is 14.2 Å². The lowest BCUT2D eigenvalue weighted by atomic mass is 9.96. The number of unbranched alkanes of at least 4 members (excludes halogenated alkanes) is 1. The van der Waals surface area contributed by atoms with Crippen LogP contribution in [0.25, 0.3) is 6.08 Å². The SMILES string of the molecule is CCCCOc1ccc(C=c2sc3n(c2=O)C(c2ccccc2)C(C(=O)OC(C)C)=C(C)N=3)cc1OCC. The second kappa shape index (κ2) is 12.3. The van der Waals surface area contributed by atoms with Gasteiger partial charge in [-0.15, -0.1) is 0 Å². The van der Waals surface area contributed by atoms with Gasteiger partial charge < -0.3 is 14.2 Å². The van der Waals surface area contributed by atoms with Crippen LogP contribution in [0.5, 0.6) is 11.5 Å². The fraction of sp³-hybridized carbons (Fsp3) is 0.367. The number of esters is 1. The van der Waals surface area contributed by atoms with Crippen LogP contribution >= 0.6 is 11.3 Å². The molecule has 0 spiro atoms. The van der Waals surface area contributed by atoms with Crippen molar-refractivity contribution in [1.82, 2.24) is 4.57 Å². The third-order valence-corrected chi connectivity index (χ3v) is 7.00. The van der Waals surface area contributed by atoms with Crippen LogP contribution in [0.4, 0.5) is 0 Å². The Labute approximate surface area is 226 Å². The first-order valence-corrected chi connectivity index (χ1v) is 13.8. The average Bonchev–Trinajstić information content (AvgIpc) is 3.19.